The van der Waals surface area contributed by atoms with Gasteiger partial charge in [-0.05, 0) is 70.0 Å². The maximum absolute atomic E-state index is 14.2. The lowest BCUT2D eigenvalue weighted by molar-refractivity contribution is -0.136. The molecule has 314 valence electrons. The molecule has 8 rings (SSSR count). The van der Waals surface area contributed by atoms with E-state index >= 15 is 0 Å². The average Bonchev–Trinajstić information content (AvgIpc) is 3.91. The maximum atomic E-state index is 14.2. The molecule has 4 saturated heterocycles. The third-order valence-corrected chi connectivity index (χ3v) is 12.3. The van der Waals surface area contributed by atoms with Crippen molar-refractivity contribution in [3.8, 4) is 0 Å². The number of rotatable bonds is 10. The smallest absolute Gasteiger partial charge is 0.284 e. The first-order valence-electron chi connectivity index (χ1n) is 20.4. The van der Waals surface area contributed by atoms with Gasteiger partial charge in [-0.15, -0.1) is 0 Å². The van der Waals surface area contributed by atoms with Crippen molar-refractivity contribution in [1.29, 1.82) is 0 Å². The normalized spacial score (nSPS) is 21.5. The van der Waals surface area contributed by atoms with Gasteiger partial charge in [0.25, 0.3) is 24.1 Å². The molecule has 0 aliphatic carbocycles. The number of aromatic nitrogens is 4. The molecule has 0 saturated carbocycles. The Kier molecular flexibility index (Phi) is 11.6. The van der Waals surface area contributed by atoms with Crippen LogP contribution >= 0.6 is 0 Å². The van der Waals surface area contributed by atoms with Crippen LogP contribution in [-0.2, 0) is 21.4 Å². The summed E-state index contributed by atoms with van der Waals surface area (Å²) in [6.45, 7) is 8.27. The first-order chi connectivity index (χ1) is 28.5. The zero-order valence-electron chi connectivity index (χ0n) is 33.2. The van der Waals surface area contributed by atoms with E-state index in [1.807, 2.05) is 13.0 Å². The Morgan fingerprint density at radius 2 is 1.75 bits per heavy atom. The highest BCUT2D eigenvalue weighted by atomic mass is 19.3. The number of ether oxygens (including phenoxy) is 1. The summed E-state index contributed by atoms with van der Waals surface area (Å²) >= 11 is 0. The summed E-state index contributed by atoms with van der Waals surface area (Å²) in [7, 11) is 1.67. The molecular weight excluding hydrogens is 769 g/mol. The Bertz CT molecular complexity index is 2150. The van der Waals surface area contributed by atoms with Crippen LogP contribution in [0.15, 0.2) is 35.6 Å². The fourth-order valence-corrected chi connectivity index (χ4v) is 8.87. The van der Waals surface area contributed by atoms with E-state index in [9.17, 15) is 32.8 Å². The van der Waals surface area contributed by atoms with Crippen molar-refractivity contribution in [2.75, 3.05) is 69.2 Å². The number of carbonyl (C=O) groups excluding carboxylic acids is 5. The number of anilines is 2. The van der Waals surface area contributed by atoms with Crippen molar-refractivity contribution in [3.05, 3.63) is 53.0 Å². The van der Waals surface area contributed by atoms with Crippen molar-refractivity contribution < 1.29 is 37.5 Å². The second kappa shape index (κ2) is 17.0. The summed E-state index contributed by atoms with van der Waals surface area (Å²) in [5.74, 6) is -1.14. The molecule has 19 heteroatoms. The van der Waals surface area contributed by atoms with Gasteiger partial charge in [0, 0.05) is 58.9 Å². The highest BCUT2D eigenvalue weighted by molar-refractivity contribution is 6.25. The van der Waals surface area contributed by atoms with E-state index in [1.165, 1.54) is 17.1 Å². The Balaban J connectivity index is 0.830. The number of carbonyl (C=O) groups is 5. The maximum Gasteiger partial charge on any atom is 0.284 e. The van der Waals surface area contributed by atoms with Gasteiger partial charge in [-0.25, -0.2) is 13.8 Å². The lowest BCUT2D eigenvalue weighted by Gasteiger charge is -2.36. The number of aryl methyl sites for hydroxylation is 1. The molecule has 5 aliphatic heterocycles. The third kappa shape index (κ3) is 8.21. The van der Waals surface area contributed by atoms with E-state index in [1.54, 1.807) is 23.9 Å². The summed E-state index contributed by atoms with van der Waals surface area (Å²) < 4.78 is 36.9. The van der Waals surface area contributed by atoms with Gasteiger partial charge < -0.3 is 24.8 Å². The van der Waals surface area contributed by atoms with Crippen LogP contribution in [0.4, 0.5) is 26.0 Å². The van der Waals surface area contributed by atoms with Crippen molar-refractivity contribution in [2.45, 2.75) is 70.4 Å². The van der Waals surface area contributed by atoms with Crippen molar-refractivity contribution >= 4 is 52.6 Å². The second-order valence-electron chi connectivity index (χ2n) is 15.9. The minimum atomic E-state index is -2.88. The summed E-state index contributed by atoms with van der Waals surface area (Å²) in [6.07, 6.45) is 4.45. The number of hydrogen-bond acceptors (Lipinski definition) is 11. The van der Waals surface area contributed by atoms with E-state index < -0.39 is 47.7 Å². The quantitative estimate of drug-likeness (QED) is 0.174. The largest absolute Gasteiger partial charge is 0.378 e. The number of imide groups is 2. The van der Waals surface area contributed by atoms with Crippen molar-refractivity contribution in [2.24, 2.45) is 18.0 Å². The standard InChI is InChI=1S/C40H49F2N11O6/c1-24(50-18-20-59-21-19-50)44-36-28(22-43-48(36)2)37(55)45-29-23-52(47-34(29)35(41)42)26-11-14-49(15-12-26)13-8-25-9-16-51(17-10-25)30-5-3-4-27-33(30)40(58)53(39(27)57)31-6-7-32(54)46-38(31)56/h3-5,22-23,25-26,31,35H,6-21H2,1-2H3,(H,45,55)(H,46,54,56). The molecule has 1 aromatic carbocycles. The molecule has 2 aromatic heterocycles. The molecule has 1 unspecified atom stereocenters. The molecule has 7 heterocycles. The molecule has 17 nitrogen and oxygen atoms in total. The lowest BCUT2D eigenvalue weighted by Crippen LogP contribution is -2.54. The molecule has 0 spiro atoms. The summed E-state index contributed by atoms with van der Waals surface area (Å²) in [5, 5.41) is 13.4. The second-order valence-corrected chi connectivity index (χ2v) is 15.9. The van der Waals surface area contributed by atoms with Crippen LogP contribution in [0.25, 0.3) is 0 Å². The van der Waals surface area contributed by atoms with Gasteiger partial charge in [-0.1, -0.05) is 6.07 Å². The summed E-state index contributed by atoms with van der Waals surface area (Å²) in [4.78, 5) is 76.9. The van der Waals surface area contributed by atoms with Gasteiger partial charge in [-0.2, -0.15) is 10.2 Å². The number of nitrogens with zero attached hydrogens (tertiary/aromatic N) is 9. The van der Waals surface area contributed by atoms with E-state index in [4.69, 9.17) is 4.74 Å². The van der Waals surface area contributed by atoms with Crippen molar-refractivity contribution in [3.63, 3.8) is 0 Å². The van der Waals surface area contributed by atoms with Crippen LogP contribution in [0.3, 0.4) is 0 Å². The Labute approximate surface area is 339 Å². The van der Waals surface area contributed by atoms with Crippen LogP contribution < -0.4 is 15.5 Å². The predicted molar refractivity (Wildman–Crippen MR) is 211 cm³/mol. The Morgan fingerprint density at radius 1 is 1.00 bits per heavy atom. The Morgan fingerprint density at radius 3 is 2.46 bits per heavy atom. The molecule has 5 aliphatic rings. The Hall–Kier alpha value is -5.56. The van der Waals surface area contributed by atoms with Gasteiger partial charge in [-0.3, -0.25) is 43.6 Å². The molecule has 0 radical (unpaired) electrons. The molecule has 4 fully saturated rings. The van der Waals surface area contributed by atoms with E-state index in [0.29, 0.717) is 55.1 Å². The number of amides is 5. The number of morpholine rings is 1. The van der Waals surface area contributed by atoms with Gasteiger partial charge in [0.15, 0.2) is 11.5 Å². The minimum absolute atomic E-state index is 0.0366. The van der Waals surface area contributed by atoms with Gasteiger partial charge in [0.05, 0.1) is 48.0 Å². The number of halogens is 2. The number of likely N-dealkylation sites (tertiary alicyclic amines) is 1. The zero-order chi connectivity index (χ0) is 41.4. The van der Waals surface area contributed by atoms with Crippen LogP contribution in [0.5, 0.6) is 0 Å². The number of nitrogens with one attached hydrogen (secondary N) is 2. The molecular formula is C40H49F2N11O6. The lowest BCUT2D eigenvalue weighted by atomic mass is 9.92. The van der Waals surface area contributed by atoms with E-state index in [0.717, 1.165) is 69.7 Å². The van der Waals surface area contributed by atoms with Gasteiger partial charge in [0.2, 0.25) is 11.8 Å². The molecule has 3 aromatic rings. The summed E-state index contributed by atoms with van der Waals surface area (Å²) in [6, 6.07) is 4.13. The number of fused-ring (bicyclic) bond motifs is 1. The first-order valence-corrected chi connectivity index (χ1v) is 20.4. The molecule has 5 amide bonds. The number of benzene rings is 1. The zero-order valence-corrected chi connectivity index (χ0v) is 33.2. The van der Waals surface area contributed by atoms with Crippen molar-refractivity contribution in [1.82, 2.24) is 39.6 Å². The van der Waals surface area contributed by atoms with Crippen LogP contribution in [0.1, 0.15) is 101 Å². The molecule has 2 N–H and O–H groups in total. The minimum Gasteiger partial charge on any atom is -0.378 e. The summed E-state index contributed by atoms with van der Waals surface area (Å²) in [5.41, 5.74) is 0.944. The molecule has 0 bridgehead atoms. The average molecular weight is 818 g/mol. The number of piperidine rings is 3. The fourth-order valence-electron chi connectivity index (χ4n) is 8.87. The highest BCUT2D eigenvalue weighted by Gasteiger charge is 2.46. The van der Waals surface area contributed by atoms with Crippen LogP contribution in [0, 0.1) is 5.92 Å². The SMILES string of the molecule is CC(=Nc1c(C(=O)Nc2cn(C3CCN(CCC4CCN(c5cccc6c5C(=O)N(C5CCC(=O)NC5=O)C6=O)CC4)CC3)nc2C(F)F)cnn1C)N1CCOCC1. The third-order valence-electron chi connectivity index (χ3n) is 12.3. The van der Waals surface area contributed by atoms with Gasteiger partial charge >= 0.3 is 0 Å². The van der Waals surface area contributed by atoms with E-state index in [-0.39, 0.29) is 35.7 Å². The molecule has 59 heavy (non-hydrogen) atoms. The topological polar surface area (TPSA) is 180 Å². The number of aliphatic imine (C=N–C) groups is 1. The number of amidine groups is 1. The van der Waals surface area contributed by atoms with Crippen LogP contribution in [0.2, 0.25) is 0 Å². The number of hydrogen-bond donors (Lipinski definition) is 2. The monoisotopic (exact) mass is 817 g/mol. The highest BCUT2D eigenvalue weighted by Crippen LogP contribution is 2.37. The first kappa shape index (κ1) is 40.2. The van der Waals surface area contributed by atoms with Crippen LogP contribution in [-0.4, -0.2) is 135 Å². The molecule has 1 atom stereocenters. The van der Waals surface area contributed by atoms with Gasteiger partial charge in [0.1, 0.15) is 17.4 Å². The van der Waals surface area contributed by atoms with E-state index in [2.05, 4.69) is 40.5 Å². The number of alkyl halides is 2. The predicted octanol–water partition coefficient (Wildman–Crippen LogP) is 3.53. The fraction of sp³-hybridized carbons (Fsp3) is 0.550.